The maximum atomic E-state index is 11.0. The van der Waals surface area contributed by atoms with Crippen molar-refractivity contribution in [1.82, 2.24) is 0 Å². The fourth-order valence-corrected chi connectivity index (χ4v) is 2.48. The van der Waals surface area contributed by atoms with Crippen LogP contribution in [0, 0.1) is 18.3 Å². The van der Waals surface area contributed by atoms with Crippen LogP contribution in [0.2, 0.25) is 0 Å². The summed E-state index contributed by atoms with van der Waals surface area (Å²) in [6, 6.07) is 15.5. The Bertz CT molecular complexity index is 762. The summed E-state index contributed by atoms with van der Waals surface area (Å²) in [6.07, 6.45) is 0.422. The average Bonchev–Trinajstić information content (AvgIpc) is 2.49. The zero-order chi connectivity index (χ0) is 17.0. The van der Waals surface area contributed by atoms with E-state index in [1.807, 2.05) is 49.4 Å². The molecule has 0 aromatic heterocycles. The van der Waals surface area contributed by atoms with E-state index in [-0.39, 0.29) is 5.97 Å². The molecule has 0 amide bonds. The number of nitrogens with zero attached hydrogens (tertiary/aromatic N) is 1. The SMILES string of the molecule is CC(=O)Oc1ccc(-c2ccc(C[C@](N)([Si])C#N)cc2)cc1C. The first-order valence-corrected chi connectivity index (χ1v) is 7.64. The van der Waals surface area contributed by atoms with Crippen molar-refractivity contribution in [3.8, 4) is 22.9 Å². The van der Waals surface area contributed by atoms with Crippen LogP contribution in [0.15, 0.2) is 42.5 Å². The van der Waals surface area contributed by atoms with Gasteiger partial charge in [-0.05, 0) is 47.7 Å². The molecule has 0 saturated carbocycles. The minimum absolute atomic E-state index is 0.331. The fourth-order valence-electron chi connectivity index (χ4n) is 2.27. The van der Waals surface area contributed by atoms with Crippen molar-refractivity contribution >= 4 is 16.2 Å². The lowest BCUT2D eigenvalue weighted by Crippen LogP contribution is -2.40. The summed E-state index contributed by atoms with van der Waals surface area (Å²) in [4.78, 5) is 11.0. The Morgan fingerprint density at radius 2 is 1.87 bits per heavy atom. The Morgan fingerprint density at radius 1 is 1.26 bits per heavy atom. The molecular formula is C18H17N2O2Si. The second kappa shape index (κ2) is 6.78. The average molecular weight is 321 g/mol. The summed E-state index contributed by atoms with van der Waals surface area (Å²) >= 11 is 0. The van der Waals surface area contributed by atoms with Gasteiger partial charge >= 0.3 is 5.97 Å². The molecule has 0 saturated heterocycles. The largest absolute Gasteiger partial charge is 0.426 e. The van der Waals surface area contributed by atoms with Gasteiger partial charge in [-0.25, -0.2) is 0 Å². The van der Waals surface area contributed by atoms with Crippen LogP contribution in [0.3, 0.4) is 0 Å². The molecule has 3 radical (unpaired) electrons. The third-order valence-electron chi connectivity index (χ3n) is 3.40. The van der Waals surface area contributed by atoms with Crippen molar-refractivity contribution in [3.63, 3.8) is 0 Å². The number of nitriles is 1. The first-order chi connectivity index (χ1) is 10.8. The molecule has 0 heterocycles. The summed E-state index contributed by atoms with van der Waals surface area (Å²) < 4.78 is 5.13. The maximum absolute atomic E-state index is 11.0. The number of carbonyl (C=O) groups is 1. The molecule has 0 unspecified atom stereocenters. The Hall–Kier alpha value is -2.42. The fraction of sp³-hybridized carbons (Fsp3) is 0.222. The van der Waals surface area contributed by atoms with Gasteiger partial charge in [-0.3, -0.25) is 4.79 Å². The number of ether oxygens (including phenoxy) is 1. The second-order valence-corrected chi connectivity index (χ2v) is 6.42. The highest BCUT2D eigenvalue weighted by Crippen LogP contribution is 2.27. The van der Waals surface area contributed by atoms with Gasteiger partial charge in [-0.15, -0.1) is 0 Å². The molecule has 2 rings (SSSR count). The first-order valence-electron chi connectivity index (χ1n) is 7.14. The summed E-state index contributed by atoms with van der Waals surface area (Å²) in [5.41, 5.74) is 9.73. The zero-order valence-electron chi connectivity index (χ0n) is 13.1. The Balaban J connectivity index is 2.21. The normalized spacial score (nSPS) is 13.0. The highest BCUT2D eigenvalue weighted by atomic mass is 28.1. The van der Waals surface area contributed by atoms with Crippen molar-refractivity contribution in [2.75, 3.05) is 0 Å². The third kappa shape index (κ3) is 4.52. The van der Waals surface area contributed by atoms with E-state index in [0.717, 1.165) is 22.3 Å². The minimum Gasteiger partial charge on any atom is -0.426 e. The third-order valence-corrected chi connectivity index (χ3v) is 3.69. The molecule has 1 atom stereocenters. The Labute approximate surface area is 139 Å². The zero-order valence-corrected chi connectivity index (χ0v) is 14.1. The molecule has 0 bridgehead atoms. The molecule has 0 aliphatic heterocycles. The molecule has 2 aromatic carbocycles. The molecule has 2 N–H and O–H groups in total. The predicted molar refractivity (Wildman–Crippen MR) is 89.9 cm³/mol. The number of hydrogen-bond donors (Lipinski definition) is 1. The summed E-state index contributed by atoms with van der Waals surface area (Å²) in [5.74, 6) is 0.237. The molecule has 0 aliphatic carbocycles. The van der Waals surface area contributed by atoms with Crippen molar-refractivity contribution in [3.05, 3.63) is 53.6 Å². The van der Waals surface area contributed by atoms with Crippen LogP contribution in [0.25, 0.3) is 11.1 Å². The Morgan fingerprint density at radius 3 is 2.39 bits per heavy atom. The maximum Gasteiger partial charge on any atom is 0.308 e. The van der Waals surface area contributed by atoms with E-state index in [2.05, 4.69) is 10.2 Å². The lowest BCUT2D eigenvalue weighted by atomic mass is 9.99. The van der Waals surface area contributed by atoms with Gasteiger partial charge in [0.15, 0.2) is 0 Å². The van der Waals surface area contributed by atoms with E-state index in [0.29, 0.717) is 12.2 Å². The molecule has 0 fully saturated rings. The number of rotatable bonds is 4. The minimum atomic E-state index is -1.05. The first kappa shape index (κ1) is 16.9. The number of benzene rings is 2. The molecule has 4 nitrogen and oxygen atoms in total. The number of nitrogens with two attached hydrogens (primary N) is 1. The van der Waals surface area contributed by atoms with Crippen LogP contribution < -0.4 is 10.5 Å². The van der Waals surface area contributed by atoms with E-state index < -0.39 is 5.16 Å². The number of hydrogen-bond acceptors (Lipinski definition) is 4. The van der Waals surface area contributed by atoms with Crippen molar-refractivity contribution in [2.24, 2.45) is 5.73 Å². The van der Waals surface area contributed by atoms with Crippen LogP contribution in [-0.2, 0) is 11.2 Å². The van der Waals surface area contributed by atoms with E-state index >= 15 is 0 Å². The molecule has 115 valence electrons. The van der Waals surface area contributed by atoms with Crippen molar-refractivity contribution in [2.45, 2.75) is 25.4 Å². The number of esters is 1. The topological polar surface area (TPSA) is 76.1 Å². The lowest BCUT2D eigenvalue weighted by molar-refractivity contribution is -0.131. The smallest absolute Gasteiger partial charge is 0.308 e. The van der Waals surface area contributed by atoms with Gasteiger partial charge in [0.2, 0.25) is 0 Å². The van der Waals surface area contributed by atoms with Crippen LogP contribution in [-0.4, -0.2) is 21.4 Å². The van der Waals surface area contributed by atoms with Gasteiger partial charge in [-0.1, -0.05) is 30.3 Å². The van der Waals surface area contributed by atoms with E-state index in [1.165, 1.54) is 6.92 Å². The number of aryl methyl sites for hydroxylation is 1. The van der Waals surface area contributed by atoms with Crippen LogP contribution >= 0.6 is 0 Å². The Kier molecular flexibility index (Phi) is 4.99. The van der Waals surface area contributed by atoms with Gasteiger partial charge in [0.1, 0.15) is 5.75 Å². The quantitative estimate of drug-likeness (QED) is 0.533. The molecule has 5 heteroatoms. The highest BCUT2D eigenvalue weighted by Gasteiger charge is 2.17. The van der Waals surface area contributed by atoms with E-state index in [4.69, 9.17) is 15.7 Å². The van der Waals surface area contributed by atoms with Crippen molar-refractivity contribution in [1.29, 1.82) is 5.26 Å². The summed E-state index contributed by atoms with van der Waals surface area (Å²) in [7, 11) is 3.25. The van der Waals surface area contributed by atoms with Gasteiger partial charge < -0.3 is 10.5 Å². The molecular weight excluding hydrogens is 304 g/mol. The van der Waals surface area contributed by atoms with E-state index in [1.54, 1.807) is 6.07 Å². The van der Waals surface area contributed by atoms with Gasteiger partial charge in [-0.2, -0.15) is 5.26 Å². The highest BCUT2D eigenvalue weighted by molar-refractivity contribution is 6.17. The predicted octanol–water partition coefficient (Wildman–Crippen LogP) is 2.48. The monoisotopic (exact) mass is 321 g/mol. The summed E-state index contributed by atoms with van der Waals surface area (Å²) in [6.45, 7) is 3.28. The second-order valence-electron chi connectivity index (χ2n) is 5.53. The summed E-state index contributed by atoms with van der Waals surface area (Å²) in [5, 5.41) is 7.90. The molecule has 0 aliphatic rings. The van der Waals surface area contributed by atoms with Gasteiger partial charge in [0.05, 0.1) is 21.5 Å². The molecule has 0 spiro atoms. The molecule has 2 aromatic rings. The van der Waals surface area contributed by atoms with Crippen LogP contribution in [0.1, 0.15) is 18.1 Å². The van der Waals surface area contributed by atoms with Gasteiger partial charge in [0.25, 0.3) is 0 Å². The van der Waals surface area contributed by atoms with Crippen LogP contribution in [0.5, 0.6) is 5.75 Å². The number of carbonyl (C=O) groups excluding carboxylic acids is 1. The molecule has 23 heavy (non-hydrogen) atoms. The van der Waals surface area contributed by atoms with Gasteiger partial charge in [0, 0.05) is 6.92 Å². The lowest BCUT2D eigenvalue weighted by Gasteiger charge is -2.15. The van der Waals surface area contributed by atoms with Crippen molar-refractivity contribution < 1.29 is 9.53 Å². The van der Waals surface area contributed by atoms with E-state index in [9.17, 15) is 4.79 Å². The standard InChI is InChI=1S/C18H17N2O2Si/c1-12-9-16(7-8-17(12)22-13(2)21)15-5-3-14(4-6-15)10-18(20,23)11-19/h3-9H,10,20H2,1-2H3/t18-/m0/s1. The van der Waals surface area contributed by atoms with Crippen LogP contribution in [0.4, 0.5) is 0 Å².